The summed E-state index contributed by atoms with van der Waals surface area (Å²) in [6, 6.07) is 2.74. The number of rotatable bonds is 5. The summed E-state index contributed by atoms with van der Waals surface area (Å²) in [6.45, 7) is -1.40. The van der Waals surface area contributed by atoms with Gasteiger partial charge in [-0.1, -0.05) is 11.6 Å². The minimum absolute atomic E-state index is 0.0528. The normalized spacial score (nSPS) is 17.5. The number of nitrogens with one attached hydrogen (secondary N) is 1. The van der Waals surface area contributed by atoms with Crippen LogP contribution in [-0.2, 0) is 4.79 Å². The maximum atomic E-state index is 12.5. The van der Waals surface area contributed by atoms with Crippen LogP contribution in [0.5, 0.6) is 5.75 Å². The van der Waals surface area contributed by atoms with Crippen LogP contribution in [0.1, 0.15) is 19.8 Å². The molecule has 0 radical (unpaired) electrons. The molecular formula is C13H14BrClF2N2O2. The van der Waals surface area contributed by atoms with Crippen molar-refractivity contribution in [1.29, 1.82) is 0 Å². The van der Waals surface area contributed by atoms with E-state index in [1.165, 1.54) is 12.1 Å². The molecule has 1 aromatic rings. The topological polar surface area (TPSA) is 64.4 Å². The SMILES string of the molecule is CC(N)(C(=O)Nc1cc(Cl)cc(Br)c1OC(F)F)C1CC1. The molecule has 21 heavy (non-hydrogen) atoms. The number of halogens is 4. The molecule has 0 saturated heterocycles. The van der Waals surface area contributed by atoms with Crippen molar-refractivity contribution in [2.75, 3.05) is 5.32 Å². The highest BCUT2D eigenvalue weighted by atomic mass is 79.9. The van der Waals surface area contributed by atoms with E-state index in [1.54, 1.807) is 6.92 Å². The Labute approximate surface area is 134 Å². The lowest BCUT2D eigenvalue weighted by Gasteiger charge is -2.24. The first kappa shape index (κ1) is 16.5. The first-order valence-electron chi connectivity index (χ1n) is 6.26. The fourth-order valence-corrected chi connectivity index (χ4v) is 2.89. The monoisotopic (exact) mass is 382 g/mol. The smallest absolute Gasteiger partial charge is 0.387 e. The Hall–Kier alpha value is -0.920. The molecule has 1 aliphatic rings. The van der Waals surface area contributed by atoms with Crippen LogP contribution in [0.3, 0.4) is 0 Å². The Bertz CT molecular complexity index is 565. The minimum atomic E-state index is -3.02. The summed E-state index contributed by atoms with van der Waals surface area (Å²) >= 11 is 8.96. The lowest BCUT2D eigenvalue weighted by Crippen LogP contribution is -2.50. The number of carbonyl (C=O) groups excluding carboxylic acids is 1. The molecule has 1 fully saturated rings. The van der Waals surface area contributed by atoms with Crippen LogP contribution in [0.25, 0.3) is 0 Å². The number of carbonyl (C=O) groups is 1. The van der Waals surface area contributed by atoms with Gasteiger partial charge in [-0.25, -0.2) is 0 Å². The number of benzene rings is 1. The van der Waals surface area contributed by atoms with Gasteiger partial charge in [0.15, 0.2) is 5.75 Å². The number of hydrogen-bond donors (Lipinski definition) is 2. The van der Waals surface area contributed by atoms with Crippen LogP contribution in [0.15, 0.2) is 16.6 Å². The first-order valence-corrected chi connectivity index (χ1v) is 7.43. The molecule has 0 aromatic heterocycles. The van der Waals surface area contributed by atoms with E-state index in [2.05, 4.69) is 26.0 Å². The van der Waals surface area contributed by atoms with Crippen LogP contribution >= 0.6 is 27.5 Å². The van der Waals surface area contributed by atoms with Gasteiger partial charge in [0.2, 0.25) is 5.91 Å². The number of amides is 1. The van der Waals surface area contributed by atoms with Crippen molar-refractivity contribution in [3.63, 3.8) is 0 Å². The molecule has 0 bridgehead atoms. The molecule has 4 nitrogen and oxygen atoms in total. The number of hydrogen-bond acceptors (Lipinski definition) is 3. The predicted octanol–water partition coefficient (Wildman–Crippen LogP) is 3.77. The van der Waals surface area contributed by atoms with E-state index in [9.17, 15) is 13.6 Å². The molecule has 0 aliphatic heterocycles. The average molecular weight is 384 g/mol. The lowest BCUT2D eigenvalue weighted by molar-refractivity contribution is -0.121. The second kappa shape index (κ2) is 6.06. The third kappa shape index (κ3) is 3.84. The zero-order chi connectivity index (χ0) is 15.8. The van der Waals surface area contributed by atoms with Gasteiger partial charge in [-0.15, -0.1) is 0 Å². The molecule has 0 heterocycles. The van der Waals surface area contributed by atoms with Crippen molar-refractivity contribution in [3.8, 4) is 5.75 Å². The Morgan fingerprint density at radius 1 is 1.57 bits per heavy atom. The highest BCUT2D eigenvalue weighted by Crippen LogP contribution is 2.41. The van der Waals surface area contributed by atoms with E-state index in [0.717, 1.165) is 12.8 Å². The van der Waals surface area contributed by atoms with Crippen molar-refractivity contribution < 1.29 is 18.3 Å². The van der Waals surface area contributed by atoms with Gasteiger partial charge in [-0.3, -0.25) is 4.79 Å². The number of nitrogens with two attached hydrogens (primary N) is 1. The Kier molecular flexibility index (Phi) is 4.75. The molecule has 8 heteroatoms. The number of anilines is 1. The van der Waals surface area contributed by atoms with E-state index in [1.807, 2.05) is 0 Å². The van der Waals surface area contributed by atoms with Gasteiger partial charge in [0.05, 0.1) is 15.7 Å². The highest BCUT2D eigenvalue weighted by Gasteiger charge is 2.44. The Morgan fingerprint density at radius 2 is 2.19 bits per heavy atom. The summed E-state index contributed by atoms with van der Waals surface area (Å²) < 4.78 is 29.6. The number of alkyl halides is 2. The fraction of sp³-hybridized carbons (Fsp3) is 0.462. The van der Waals surface area contributed by atoms with Crippen LogP contribution in [0, 0.1) is 5.92 Å². The van der Waals surface area contributed by atoms with Gasteiger partial charge in [0, 0.05) is 5.02 Å². The molecule has 3 N–H and O–H groups in total. The van der Waals surface area contributed by atoms with Crippen LogP contribution in [0.2, 0.25) is 5.02 Å². The van der Waals surface area contributed by atoms with Crippen molar-refractivity contribution in [1.82, 2.24) is 0 Å². The summed E-state index contributed by atoms with van der Waals surface area (Å²) in [5, 5.41) is 2.79. The molecule has 1 atom stereocenters. The van der Waals surface area contributed by atoms with E-state index < -0.39 is 18.1 Å². The quantitative estimate of drug-likeness (QED) is 0.813. The molecular weight excluding hydrogens is 370 g/mol. The highest BCUT2D eigenvalue weighted by molar-refractivity contribution is 9.10. The zero-order valence-corrected chi connectivity index (χ0v) is 13.5. The van der Waals surface area contributed by atoms with E-state index in [4.69, 9.17) is 17.3 Å². The van der Waals surface area contributed by atoms with Crippen molar-refractivity contribution in [2.45, 2.75) is 31.9 Å². The van der Waals surface area contributed by atoms with E-state index in [-0.39, 0.29) is 26.9 Å². The largest absolute Gasteiger partial charge is 0.431 e. The number of ether oxygens (including phenoxy) is 1. The van der Waals surface area contributed by atoms with Crippen LogP contribution in [-0.4, -0.2) is 18.1 Å². The summed E-state index contributed by atoms with van der Waals surface area (Å²) in [6.07, 6.45) is 1.75. The maximum Gasteiger partial charge on any atom is 0.387 e. The molecule has 2 rings (SSSR count). The molecule has 1 amide bonds. The average Bonchev–Trinajstić information content (AvgIpc) is 3.17. The van der Waals surface area contributed by atoms with Gasteiger partial charge in [-0.2, -0.15) is 8.78 Å². The molecule has 1 aromatic carbocycles. The third-order valence-electron chi connectivity index (χ3n) is 3.38. The molecule has 1 saturated carbocycles. The van der Waals surface area contributed by atoms with Crippen LogP contribution in [0.4, 0.5) is 14.5 Å². The maximum absolute atomic E-state index is 12.5. The second-order valence-electron chi connectivity index (χ2n) is 5.15. The van der Waals surface area contributed by atoms with E-state index >= 15 is 0 Å². The predicted molar refractivity (Wildman–Crippen MR) is 79.7 cm³/mol. The lowest BCUT2D eigenvalue weighted by atomic mass is 9.96. The molecule has 116 valence electrons. The standard InChI is InChI=1S/C13H14BrClF2N2O2/c1-13(18,6-2-3-6)11(20)19-9-5-7(15)4-8(14)10(9)21-12(16)17/h4-6,12H,2-3,18H2,1H3,(H,19,20). The summed E-state index contributed by atoms with van der Waals surface area (Å²) in [4.78, 5) is 12.2. The van der Waals surface area contributed by atoms with Crippen molar-refractivity contribution >= 4 is 39.1 Å². The van der Waals surface area contributed by atoms with Gasteiger partial charge >= 0.3 is 6.61 Å². The van der Waals surface area contributed by atoms with Gasteiger partial charge < -0.3 is 15.8 Å². The summed E-state index contributed by atoms with van der Waals surface area (Å²) in [5.74, 6) is -0.549. The summed E-state index contributed by atoms with van der Waals surface area (Å²) in [5.41, 5.74) is 4.99. The Morgan fingerprint density at radius 3 is 2.71 bits per heavy atom. The van der Waals surface area contributed by atoms with Crippen molar-refractivity contribution in [3.05, 3.63) is 21.6 Å². The van der Waals surface area contributed by atoms with Gasteiger partial charge in [0.25, 0.3) is 0 Å². The van der Waals surface area contributed by atoms with Crippen LogP contribution < -0.4 is 15.8 Å². The summed E-state index contributed by atoms with van der Waals surface area (Å²) in [7, 11) is 0. The molecule has 1 aliphatic carbocycles. The molecule has 0 spiro atoms. The Balaban J connectivity index is 2.27. The van der Waals surface area contributed by atoms with Gasteiger partial charge in [-0.05, 0) is 53.7 Å². The zero-order valence-electron chi connectivity index (χ0n) is 11.1. The third-order valence-corrected chi connectivity index (χ3v) is 4.19. The fourth-order valence-electron chi connectivity index (χ4n) is 1.99. The van der Waals surface area contributed by atoms with Gasteiger partial charge in [0.1, 0.15) is 0 Å². The minimum Gasteiger partial charge on any atom is -0.431 e. The van der Waals surface area contributed by atoms with E-state index in [0.29, 0.717) is 0 Å². The second-order valence-corrected chi connectivity index (χ2v) is 6.44. The van der Waals surface area contributed by atoms with Crippen molar-refractivity contribution in [2.24, 2.45) is 11.7 Å². The first-order chi connectivity index (χ1) is 9.71. The molecule has 1 unspecified atom stereocenters.